The number of anilines is 1. The van der Waals surface area contributed by atoms with Gasteiger partial charge in [-0.25, -0.2) is 4.79 Å². The van der Waals surface area contributed by atoms with Gasteiger partial charge < -0.3 is 10.6 Å². The third-order valence-corrected chi connectivity index (χ3v) is 2.64. The monoisotopic (exact) mass is 243 g/mol. The van der Waals surface area contributed by atoms with Crippen molar-refractivity contribution < 1.29 is 4.79 Å². The summed E-state index contributed by atoms with van der Waals surface area (Å²) in [4.78, 5) is 11.6. The zero-order chi connectivity index (χ0) is 13.5. The van der Waals surface area contributed by atoms with E-state index >= 15 is 0 Å². The van der Waals surface area contributed by atoms with E-state index in [2.05, 4.69) is 24.5 Å². The van der Waals surface area contributed by atoms with Crippen molar-refractivity contribution in [3.8, 4) is 6.07 Å². The first-order valence-corrected chi connectivity index (χ1v) is 5.78. The van der Waals surface area contributed by atoms with Gasteiger partial charge in [0.15, 0.2) is 0 Å². The van der Waals surface area contributed by atoms with Crippen LogP contribution in [-0.2, 0) is 0 Å². The van der Waals surface area contributed by atoms with Crippen molar-refractivity contribution in [1.29, 1.82) is 5.26 Å². The number of allylic oxidation sites excluding steroid dienone is 1. The first-order chi connectivity index (χ1) is 8.54. The molecule has 0 radical (unpaired) electrons. The molecule has 2 amide bonds. The normalized spacial score (nSPS) is 10.9. The Bertz CT molecular complexity index is 498. The fourth-order valence-electron chi connectivity index (χ4n) is 1.19. The maximum Gasteiger partial charge on any atom is 0.323 e. The fraction of sp³-hybridized carbons (Fsp3) is 0.286. The van der Waals surface area contributed by atoms with Gasteiger partial charge in [0.1, 0.15) is 6.07 Å². The molecule has 18 heavy (non-hydrogen) atoms. The van der Waals surface area contributed by atoms with E-state index in [1.54, 1.807) is 30.5 Å². The third kappa shape index (κ3) is 3.95. The topological polar surface area (TPSA) is 64.9 Å². The van der Waals surface area contributed by atoms with E-state index in [1.165, 1.54) is 0 Å². The first-order valence-electron chi connectivity index (χ1n) is 5.78. The lowest BCUT2D eigenvalue weighted by Gasteiger charge is -2.08. The lowest BCUT2D eigenvalue weighted by Crippen LogP contribution is -2.25. The largest absolute Gasteiger partial charge is 0.323 e. The molecule has 94 valence electrons. The van der Waals surface area contributed by atoms with Crippen molar-refractivity contribution >= 4 is 11.7 Å². The fourth-order valence-corrected chi connectivity index (χ4v) is 1.19. The van der Waals surface area contributed by atoms with E-state index in [0.717, 1.165) is 5.57 Å². The summed E-state index contributed by atoms with van der Waals surface area (Å²) in [6, 6.07) is 8.55. The molecule has 0 atom stereocenters. The molecule has 0 spiro atoms. The van der Waals surface area contributed by atoms with Crippen LogP contribution in [0.4, 0.5) is 10.5 Å². The molecule has 0 saturated carbocycles. The summed E-state index contributed by atoms with van der Waals surface area (Å²) >= 11 is 0. The van der Waals surface area contributed by atoms with Crippen molar-refractivity contribution in [2.45, 2.75) is 20.8 Å². The maximum atomic E-state index is 11.6. The molecule has 1 aromatic carbocycles. The van der Waals surface area contributed by atoms with Crippen molar-refractivity contribution in [1.82, 2.24) is 5.32 Å². The summed E-state index contributed by atoms with van der Waals surface area (Å²) in [5.74, 6) is 0.386. The average Bonchev–Trinajstić information content (AvgIpc) is 2.36. The molecule has 0 unspecified atom stereocenters. The summed E-state index contributed by atoms with van der Waals surface area (Å²) in [6.45, 7) is 6.06. The lowest BCUT2D eigenvalue weighted by molar-refractivity contribution is 0.255. The van der Waals surface area contributed by atoms with E-state index in [4.69, 9.17) is 5.26 Å². The standard InChI is InChI=1S/C14H17N3O/c1-10(2)11(3)9-16-14(18)17-13-7-5-4-6-12(13)8-15/h4-7,9-10H,1-3H3,(H2,16,17,18)/b11-9+. The van der Waals surface area contributed by atoms with Gasteiger partial charge in [-0.05, 0) is 25.0 Å². The van der Waals surface area contributed by atoms with Crippen LogP contribution in [0.3, 0.4) is 0 Å². The second kappa shape index (κ2) is 6.45. The van der Waals surface area contributed by atoms with Crippen molar-refractivity contribution in [3.05, 3.63) is 41.6 Å². The van der Waals surface area contributed by atoms with Gasteiger partial charge in [-0.1, -0.05) is 31.6 Å². The number of nitriles is 1. The molecule has 1 rings (SSSR count). The number of hydrogen-bond donors (Lipinski definition) is 2. The molecule has 0 fully saturated rings. The van der Waals surface area contributed by atoms with E-state index in [-0.39, 0.29) is 6.03 Å². The molecule has 0 bridgehead atoms. The summed E-state index contributed by atoms with van der Waals surface area (Å²) < 4.78 is 0. The number of hydrogen-bond acceptors (Lipinski definition) is 2. The molecular formula is C14H17N3O. The van der Waals surface area contributed by atoms with Gasteiger partial charge in [0.2, 0.25) is 0 Å². The summed E-state index contributed by atoms with van der Waals surface area (Å²) in [7, 11) is 0. The second-order valence-electron chi connectivity index (χ2n) is 4.30. The van der Waals surface area contributed by atoms with Crippen molar-refractivity contribution in [2.75, 3.05) is 5.32 Å². The van der Waals surface area contributed by atoms with E-state index in [9.17, 15) is 4.79 Å². The van der Waals surface area contributed by atoms with Gasteiger partial charge in [-0.3, -0.25) is 0 Å². The molecule has 0 heterocycles. The summed E-state index contributed by atoms with van der Waals surface area (Å²) in [6.07, 6.45) is 1.68. The number of amides is 2. The number of para-hydroxylation sites is 1. The van der Waals surface area contributed by atoms with Gasteiger partial charge in [0, 0.05) is 6.20 Å². The van der Waals surface area contributed by atoms with Crippen molar-refractivity contribution in [2.24, 2.45) is 5.92 Å². The molecule has 0 aromatic heterocycles. The summed E-state index contributed by atoms with van der Waals surface area (Å²) in [5.41, 5.74) is 2.03. The number of carbonyl (C=O) groups is 1. The quantitative estimate of drug-likeness (QED) is 0.855. The molecule has 0 saturated heterocycles. The molecule has 0 aliphatic rings. The summed E-state index contributed by atoms with van der Waals surface area (Å²) in [5, 5.41) is 14.2. The van der Waals surface area contributed by atoms with Crippen LogP contribution in [0.1, 0.15) is 26.3 Å². The van der Waals surface area contributed by atoms with Crippen LogP contribution < -0.4 is 10.6 Å². The van der Waals surface area contributed by atoms with Crippen LogP contribution in [0.25, 0.3) is 0 Å². The van der Waals surface area contributed by atoms with Gasteiger partial charge in [-0.15, -0.1) is 0 Å². The Labute approximate surface area is 107 Å². The Morgan fingerprint density at radius 2 is 2.06 bits per heavy atom. The number of nitrogens with one attached hydrogen (secondary N) is 2. The Kier molecular flexibility index (Phi) is 4.94. The van der Waals surface area contributed by atoms with Crippen LogP contribution in [0, 0.1) is 17.2 Å². The van der Waals surface area contributed by atoms with Crippen LogP contribution in [0.5, 0.6) is 0 Å². The minimum atomic E-state index is -0.349. The Morgan fingerprint density at radius 1 is 1.39 bits per heavy atom. The molecule has 1 aromatic rings. The molecule has 0 aliphatic heterocycles. The highest BCUT2D eigenvalue weighted by molar-refractivity contribution is 5.91. The minimum absolute atomic E-state index is 0.349. The second-order valence-corrected chi connectivity index (χ2v) is 4.30. The van der Waals surface area contributed by atoms with Gasteiger partial charge in [0.25, 0.3) is 0 Å². The number of rotatable bonds is 3. The first kappa shape index (κ1) is 13.8. The molecule has 4 heteroatoms. The van der Waals surface area contributed by atoms with Gasteiger partial charge in [-0.2, -0.15) is 5.26 Å². The van der Waals surface area contributed by atoms with Crippen LogP contribution in [0.2, 0.25) is 0 Å². The number of nitrogens with zero attached hydrogens (tertiary/aromatic N) is 1. The van der Waals surface area contributed by atoms with E-state index in [1.807, 2.05) is 13.0 Å². The Balaban J connectivity index is 2.66. The highest BCUT2D eigenvalue weighted by Crippen LogP contribution is 2.13. The molecule has 4 nitrogen and oxygen atoms in total. The van der Waals surface area contributed by atoms with Crippen LogP contribution in [-0.4, -0.2) is 6.03 Å². The lowest BCUT2D eigenvalue weighted by atomic mass is 10.1. The average molecular weight is 243 g/mol. The number of urea groups is 1. The van der Waals surface area contributed by atoms with Gasteiger partial charge >= 0.3 is 6.03 Å². The van der Waals surface area contributed by atoms with Gasteiger partial charge in [0.05, 0.1) is 11.3 Å². The number of benzene rings is 1. The predicted octanol–water partition coefficient (Wildman–Crippen LogP) is 3.24. The third-order valence-electron chi connectivity index (χ3n) is 2.64. The zero-order valence-electron chi connectivity index (χ0n) is 10.8. The van der Waals surface area contributed by atoms with Crippen LogP contribution >= 0.6 is 0 Å². The molecule has 2 N–H and O–H groups in total. The maximum absolute atomic E-state index is 11.6. The highest BCUT2D eigenvalue weighted by Gasteiger charge is 2.04. The zero-order valence-corrected chi connectivity index (χ0v) is 10.8. The SMILES string of the molecule is C/C(=C\NC(=O)Nc1ccccc1C#N)C(C)C. The Morgan fingerprint density at radius 3 is 2.67 bits per heavy atom. The van der Waals surface area contributed by atoms with E-state index in [0.29, 0.717) is 17.2 Å². The van der Waals surface area contributed by atoms with Crippen molar-refractivity contribution in [3.63, 3.8) is 0 Å². The highest BCUT2D eigenvalue weighted by atomic mass is 16.2. The Hall–Kier alpha value is -2.28. The predicted molar refractivity (Wildman–Crippen MR) is 71.9 cm³/mol. The smallest absolute Gasteiger partial charge is 0.314 e. The van der Waals surface area contributed by atoms with Crippen LogP contribution in [0.15, 0.2) is 36.0 Å². The number of carbonyl (C=O) groups excluding carboxylic acids is 1. The molecular weight excluding hydrogens is 226 g/mol. The van der Waals surface area contributed by atoms with E-state index < -0.39 is 0 Å². The molecule has 0 aliphatic carbocycles. The minimum Gasteiger partial charge on any atom is -0.314 e.